The number of aromatic nitrogens is 4. The first-order chi connectivity index (χ1) is 15.9. The van der Waals surface area contributed by atoms with Gasteiger partial charge in [-0.1, -0.05) is 17.7 Å². The molecule has 0 spiro atoms. The van der Waals surface area contributed by atoms with E-state index >= 15 is 0 Å². The summed E-state index contributed by atoms with van der Waals surface area (Å²) in [5, 5.41) is 13.4. The number of piperazine rings is 1. The number of hydrogen-bond acceptors (Lipinski definition) is 9. The number of nitrogens with zero attached hydrogens (tertiary/aromatic N) is 7. The highest BCUT2D eigenvalue weighted by molar-refractivity contribution is 6.35. The fraction of sp³-hybridized carbons (Fsp3) is 0.409. The van der Waals surface area contributed by atoms with E-state index in [0.717, 1.165) is 32.7 Å². The molecule has 2 aromatic heterocycles. The van der Waals surface area contributed by atoms with E-state index in [-0.39, 0.29) is 16.9 Å². The van der Waals surface area contributed by atoms with Crippen LogP contribution in [-0.2, 0) is 6.54 Å². The lowest BCUT2D eigenvalue weighted by Gasteiger charge is -2.32. The first-order valence-corrected chi connectivity index (χ1v) is 11.1. The van der Waals surface area contributed by atoms with Gasteiger partial charge in [0.25, 0.3) is 5.56 Å². The topological polar surface area (TPSA) is 129 Å². The van der Waals surface area contributed by atoms with Gasteiger partial charge in [-0.15, -0.1) is 0 Å². The summed E-state index contributed by atoms with van der Waals surface area (Å²) in [6.45, 7) is 6.93. The highest BCUT2D eigenvalue weighted by Crippen LogP contribution is 2.24. The Kier molecular flexibility index (Phi) is 6.74. The molecule has 0 bridgehead atoms. The van der Waals surface area contributed by atoms with E-state index in [1.54, 1.807) is 22.8 Å². The van der Waals surface area contributed by atoms with Crippen molar-refractivity contribution in [1.82, 2.24) is 29.3 Å². The molecule has 4 rings (SSSR count). The molecule has 1 fully saturated rings. The Hall–Kier alpha value is -3.26. The van der Waals surface area contributed by atoms with Crippen molar-refractivity contribution >= 4 is 34.1 Å². The second-order valence-corrected chi connectivity index (χ2v) is 8.57. The molecule has 33 heavy (non-hydrogen) atoms. The van der Waals surface area contributed by atoms with E-state index < -0.39 is 6.04 Å². The molecule has 0 saturated carbocycles. The van der Waals surface area contributed by atoms with Crippen LogP contribution in [0.3, 0.4) is 0 Å². The molecule has 3 N–H and O–H groups in total. The number of anilines is 2. The second-order valence-electron chi connectivity index (χ2n) is 8.17. The molecule has 1 aliphatic heterocycles. The largest absolute Gasteiger partial charge is 0.382 e. The first kappa shape index (κ1) is 22.9. The number of hydrogen-bond donors (Lipinski definition) is 2. The molecule has 1 saturated heterocycles. The summed E-state index contributed by atoms with van der Waals surface area (Å²) < 4.78 is 1.67. The summed E-state index contributed by atoms with van der Waals surface area (Å²) in [6, 6.07) is 6.83. The zero-order chi connectivity index (χ0) is 23.5. The minimum Gasteiger partial charge on any atom is -0.382 e. The molecule has 0 aliphatic carbocycles. The molecule has 0 unspecified atom stereocenters. The van der Waals surface area contributed by atoms with E-state index in [1.807, 2.05) is 13.0 Å². The SMILES string of the molecule is C[C@H](Nc1ncnc(N)c1C#N)c1nc2cccc(Cl)c2c(=O)n1CCN1CCN(C)CC1. The van der Waals surface area contributed by atoms with E-state index in [1.165, 1.54) is 6.33 Å². The van der Waals surface area contributed by atoms with Crippen molar-refractivity contribution in [3.63, 3.8) is 0 Å². The Balaban J connectivity index is 1.71. The van der Waals surface area contributed by atoms with Crippen LogP contribution in [0.15, 0.2) is 29.3 Å². The molecule has 10 nitrogen and oxygen atoms in total. The summed E-state index contributed by atoms with van der Waals surface area (Å²) in [7, 11) is 2.11. The second kappa shape index (κ2) is 9.70. The molecule has 1 atom stereocenters. The molecule has 172 valence electrons. The van der Waals surface area contributed by atoms with Gasteiger partial charge in [-0.2, -0.15) is 5.26 Å². The fourth-order valence-corrected chi connectivity index (χ4v) is 4.24. The van der Waals surface area contributed by atoms with Crippen LogP contribution < -0.4 is 16.6 Å². The maximum Gasteiger partial charge on any atom is 0.263 e. The highest BCUT2D eigenvalue weighted by Gasteiger charge is 2.21. The Bertz CT molecular complexity index is 1260. The van der Waals surface area contributed by atoms with E-state index in [2.05, 4.69) is 32.1 Å². The summed E-state index contributed by atoms with van der Waals surface area (Å²) in [6.07, 6.45) is 1.29. The van der Waals surface area contributed by atoms with Gasteiger partial charge in [0.1, 0.15) is 35.4 Å². The van der Waals surface area contributed by atoms with Crippen LogP contribution in [0, 0.1) is 11.3 Å². The van der Waals surface area contributed by atoms with Crippen LogP contribution in [0.2, 0.25) is 5.02 Å². The van der Waals surface area contributed by atoms with Crippen molar-refractivity contribution in [3.05, 3.63) is 51.3 Å². The number of rotatable bonds is 6. The number of fused-ring (bicyclic) bond motifs is 1. The van der Waals surface area contributed by atoms with Crippen molar-refractivity contribution in [2.75, 3.05) is 50.8 Å². The summed E-state index contributed by atoms with van der Waals surface area (Å²) in [5.41, 5.74) is 6.31. The zero-order valence-corrected chi connectivity index (χ0v) is 19.4. The molecule has 1 aromatic carbocycles. The lowest BCUT2D eigenvalue weighted by atomic mass is 10.2. The van der Waals surface area contributed by atoms with Gasteiger partial charge in [0.15, 0.2) is 0 Å². The Morgan fingerprint density at radius 1 is 1.24 bits per heavy atom. The van der Waals surface area contributed by atoms with Gasteiger partial charge >= 0.3 is 0 Å². The Labute approximate surface area is 196 Å². The average Bonchev–Trinajstić information content (AvgIpc) is 2.79. The summed E-state index contributed by atoms with van der Waals surface area (Å²) in [5.74, 6) is 0.918. The molecule has 1 aliphatic rings. The molecular weight excluding hydrogens is 442 g/mol. The van der Waals surface area contributed by atoms with Gasteiger partial charge in [-0.25, -0.2) is 15.0 Å². The third-order valence-electron chi connectivity index (χ3n) is 5.93. The van der Waals surface area contributed by atoms with E-state index in [0.29, 0.717) is 34.1 Å². The summed E-state index contributed by atoms with van der Waals surface area (Å²) in [4.78, 5) is 30.9. The van der Waals surface area contributed by atoms with Crippen molar-refractivity contribution in [3.8, 4) is 6.07 Å². The number of benzene rings is 1. The van der Waals surface area contributed by atoms with Gasteiger partial charge < -0.3 is 16.0 Å². The third kappa shape index (κ3) is 4.75. The van der Waals surface area contributed by atoms with Crippen molar-refractivity contribution < 1.29 is 0 Å². The van der Waals surface area contributed by atoms with Crippen LogP contribution in [0.1, 0.15) is 24.4 Å². The smallest absolute Gasteiger partial charge is 0.263 e. The average molecular weight is 468 g/mol. The molecule has 3 heterocycles. The monoisotopic (exact) mass is 467 g/mol. The predicted molar refractivity (Wildman–Crippen MR) is 128 cm³/mol. The zero-order valence-electron chi connectivity index (χ0n) is 18.6. The predicted octanol–water partition coefficient (Wildman–Crippen LogP) is 1.71. The molecule has 0 amide bonds. The van der Waals surface area contributed by atoms with E-state index in [4.69, 9.17) is 22.3 Å². The van der Waals surface area contributed by atoms with Gasteiger partial charge in [-0.05, 0) is 26.1 Å². The number of halogens is 1. The minimum absolute atomic E-state index is 0.0907. The van der Waals surface area contributed by atoms with Gasteiger partial charge in [0, 0.05) is 39.3 Å². The number of nitriles is 1. The van der Waals surface area contributed by atoms with Crippen molar-refractivity contribution in [2.45, 2.75) is 19.5 Å². The van der Waals surface area contributed by atoms with Crippen LogP contribution in [0.4, 0.5) is 11.6 Å². The van der Waals surface area contributed by atoms with Crippen LogP contribution >= 0.6 is 11.6 Å². The highest BCUT2D eigenvalue weighted by atomic mass is 35.5. The van der Waals surface area contributed by atoms with Crippen LogP contribution in [0.25, 0.3) is 10.9 Å². The lowest BCUT2D eigenvalue weighted by molar-refractivity contribution is 0.149. The molecular formula is C22H26ClN9O. The molecule has 0 radical (unpaired) electrons. The van der Waals surface area contributed by atoms with Crippen LogP contribution in [0.5, 0.6) is 0 Å². The van der Waals surface area contributed by atoms with Gasteiger partial charge in [-0.3, -0.25) is 14.3 Å². The number of likely N-dealkylation sites (N-methyl/N-ethyl adjacent to an activating group) is 1. The van der Waals surface area contributed by atoms with Crippen LogP contribution in [-0.4, -0.2) is 69.1 Å². The quantitative estimate of drug-likeness (QED) is 0.556. The van der Waals surface area contributed by atoms with Crippen molar-refractivity contribution in [2.24, 2.45) is 0 Å². The molecule has 3 aromatic rings. The molecule has 11 heteroatoms. The Morgan fingerprint density at radius 2 is 2.00 bits per heavy atom. The van der Waals surface area contributed by atoms with Crippen molar-refractivity contribution in [1.29, 1.82) is 5.26 Å². The van der Waals surface area contributed by atoms with E-state index in [9.17, 15) is 10.1 Å². The number of nitrogens with two attached hydrogens (primary N) is 1. The number of nitrogen functional groups attached to an aromatic ring is 1. The standard InChI is InChI=1S/C22H26ClN9O/c1-14(28-20-15(12-24)19(25)26-13-27-20)21-29-17-5-3-4-16(23)18(17)22(33)32(21)11-10-31-8-6-30(2)7-9-31/h3-5,13-14H,6-11H2,1-2H3,(H3,25,26,27,28)/t14-/m0/s1. The summed E-state index contributed by atoms with van der Waals surface area (Å²) >= 11 is 6.37. The fourth-order valence-electron chi connectivity index (χ4n) is 3.99. The maximum absolute atomic E-state index is 13.5. The maximum atomic E-state index is 13.5. The first-order valence-electron chi connectivity index (χ1n) is 10.8. The van der Waals surface area contributed by atoms with Gasteiger partial charge in [0.2, 0.25) is 0 Å². The lowest BCUT2D eigenvalue weighted by Crippen LogP contribution is -2.46. The van der Waals surface area contributed by atoms with Gasteiger partial charge in [0.05, 0.1) is 22.0 Å². The minimum atomic E-state index is -0.435. The third-order valence-corrected chi connectivity index (χ3v) is 6.24. The Morgan fingerprint density at radius 3 is 2.73 bits per heavy atom. The number of nitrogens with one attached hydrogen (secondary N) is 1. The normalized spacial score (nSPS) is 15.9.